The highest BCUT2D eigenvalue weighted by Crippen LogP contribution is 2.28. The molecular formula is C26H30N2O3. The van der Waals surface area contributed by atoms with Crippen molar-refractivity contribution in [3.05, 3.63) is 83.4 Å². The van der Waals surface area contributed by atoms with Crippen LogP contribution in [0.2, 0.25) is 0 Å². The summed E-state index contributed by atoms with van der Waals surface area (Å²) >= 11 is 0. The summed E-state index contributed by atoms with van der Waals surface area (Å²) in [6.07, 6.45) is 0. The number of ether oxygens (including phenoxy) is 2. The third-order valence-corrected chi connectivity index (χ3v) is 5.16. The molecule has 3 aromatic carbocycles. The van der Waals surface area contributed by atoms with E-state index in [4.69, 9.17) is 9.47 Å². The number of hydrogen-bond donors (Lipinski definition) is 1. The molecular weight excluding hydrogens is 388 g/mol. The van der Waals surface area contributed by atoms with E-state index in [1.807, 2.05) is 69.6 Å². The zero-order valence-corrected chi connectivity index (χ0v) is 18.6. The lowest BCUT2D eigenvalue weighted by atomic mass is 9.96. The maximum atomic E-state index is 12.9. The lowest BCUT2D eigenvalue weighted by Crippen LogP contribution is -2.26. The minimum absolute atomic E-state index is 0.380. The number of carbonyl (C=O) groups excluding carboxylic acids is 1. The normalized spacial score (nSPS) is 10.9. The average Bonchev–Trinajstić information content (AvgIpc) is 2.77. The predicted octanol–water partition coefficient (Wildman–Crippen LogP) is 4.54. The first-order valence-electron chi connectivity index (χ1n) is 10.4. The first-order chi connectivity index (χ1) is 15.0. The van der Waals surface area contributed by atoms with Gasteiger partial charge in [-0.05, 0) is 49.8 Å². The third kappa shape index (κ3) is 5.94. The van der Waals surface area contributed by atoms with Crippen molar-refractivity contribution in [2.75, 3.05) is 34.3 Å². The van der Waals surface area contributed by atoms with Crippen LogP contribution < -0.4 is 14.8 Å². The molecule has 0 heterocycles. The molecule has 0 fully saturated rings. The number of nitrogens with zero attached hydrogens (tertiary/aromatic N) is 1. The van der Waals surface area contributed by atoms with Crippen molar-refractivity contribution in [1.82, 2.24) is 10.2 Å². The minimum atomic E-state index is -0.380. The van der Waals surface area contributed by atoms with Gasteiger partial charge in [0.15, 0.2) is 0 Å². The second-order valence-corrected chi connectivity index (χ2v) is 7.69. The zero-order valence-electron chi connectivity index (χ0n) is 18.6. The van der Waals surface area contributed by atoms with Crippen molar-refractivity contribution in [2.45, 2.75) is 13.5 Å². The molecule has 0 aliphatic heterocycles. The van der Waals surface area contributed by atoms with Crippen LogP contribution in [0.3, 0.4) is 0 Å². The summed E-state index contributed by atoms with van der Waals surface area (Å²) in [7, 11) is 5.71. The lowest BCUT2D eigenvalue weighted by Gasteiger charge is -2.14. The van der Waals surface area contributed by atoms with Gasteiger partial charge in [0.1, 0.15) is 11.5 Å². The number of nitrogens with one attached hydrogen (secondary N) is 1. The standard InChI is InChI=1S/C26H30N2O3/c1-19-23(20-9-6-5-7-10-20)11-8-12-24(19)26(29)31-22-14-13-21(25(17-22)30-4)18-27-15-16-28(2)3/h5-14,17,27H,15-16,18H2,1-4H3. The molecule has 0 radical (unpaired) electrons. The molecule has 5 nitrogen and oxygen atoms in total. The van der Waals surface area contributed by atoms with Crippen LogP contribution in [-0.4, -0.2) is 45.2 Å². The third-order valence-electron chi connectivity index (χ3n) is 5.16. The molecule has 0 unspecified atom stereocenters. The Morgan fingerprint density at radius 2 is 1.77 bits per heavy atom. The van der Waals surface area contributed by atoms with Crippen molar-refractivity contribution in [1.29, 1.82) is 0 Å². The van der Waals surface area contributed by atoms with Gasteiger partial charge in [0.2, 0.25) is 0 Å². The van der Waals surface area contributed by atoms with E-state index in [0.29, 0.717) is 23.6 Å². The molecule has 1 N–H and O–H groups in total. The van der Waals surface area contributed by atoms with E-state index in [1.165, 1.54) is 0 Å². The molecule has 0 spiro atoms. The summed E-state index contributed by atoms with van der Waals surface area (Å²) in [5, 5.41) is 3.39. The van der Waals surface area contributed by atoms with Gasteiger partial charge in [-0.1, -0.05) is 48.5 Å². The topological polar surface area (TPSA) is 50.8 Å². The first-order valence-corrected chi connectivity index (χ1v) is 10.4. The Kier molecular flexibility index (Phi) is 7.82. The Morgan fingerprint density at radius 3 is 2.48 bits per heavy atom. The molecule has 0 aliphatic carbocycles. The largest absolute Gasteiger partial charge is 0.496 e. The molecule has 3 aromatic rings. The van der Waals surface area contributed by atoms with Crippen molar-refractivity contribution in [2.24, 2.45) is 0 Å². The van der Waals surface area contributed by atoms with Gasteiger partial charge in [-0.25, -0.2) is 4.79 Å². The van der Waals surface area contributed by atoms with Gasteiger partial charge in [-0.15, -0.1) is 0 Å². The van der Waals surface area contributed by atoms with E-state index in [2.05, 4.69) is 10.2 Å². The second kappa shape index (κ2) is 10.8. The highest BCUT2D eigenvalue weighted by molar-refractivity contribution is 5.94. The van der Waals surface area contributed by atoms with Crippen LogP contribution in [0.15, 0.2) is 66.7 Å². The van der Waals surface area contributed by atoms with Gasteiger partial charge in [-0.3, -0.25) is 0 Å². The molecule has 0 bridgehead atoms. The van der Waals surface area contributed by atoms with Crippen molar-refractivity contribution in [3.8, 4) is 22.6 Å². The van der Waals surface area contributed by atoms with Gasteiger partial charge in [-0.2, -0.15) is 0 Å². The van der Waals surface area contributed by atoms with Crippen LogP contribution in [0.1, 0.15) is 21.5 Å². The maximum Gasteiger partial charge on any atom is 0.343 e. The van der Waals surface area contributed by atoms with Crippen molar-refractivity contribution >= 4 is 5.97 Å². The Balaban J connectivity index is 1.73. The highest BCUT2D eigenvalue weighted by atomic mass is 16.5. The molecule has 3 rings (SSSR count). The summed E-state index contributed by atoms with van der Waals surface area (Å²) in [6.45, 7) is 4.47. The number of benzene rings is 3. The Hall–Kier alpha value is -3.15. The molecule has 0 saturated heterocycles. The van der Waals surface area contributed by atoms with Crippen LogP contribution in [-0.2, 0) is 6.54 Å². The van der Waals surface area contributed by atoms with Crippen LogP contribution in [0.25, 0.3) is 11.1 Å². The number of likely N-dealkylation sites (N-methyl/N-ethyl adjacent to an activating group) is 1. The van der Waals surface area contributed by atoms with Gasteiger partial charge >= 0.3 is 5.97 Å². The molecule has 0 aromatic heterocycles. The lowest BCUT2D eigenvalue weighted by molar-refractivity contribution is 0.0733. The van der Waals surface area contributed by atoms with Crippen LogP contribution >= 0.6 is 0 Å². The predicted molar refractivity (Wildman–Crippen MR) is 125 cm³/mol. The fraction of sp³-hybridized carbons (Fsp3) is 0.269. The van der Waals surface area contributed by atoms with Crippen molar-refractivity contribution in [3.63, 3.8) is 0 Å². The highest BCUT2D eigenvalue weighted by Gasteiger charge is 2.16. The number of methoxy groups -OCH3 is 1. The number of hydrogen-bond acceptors (Lipinski definition) is 5. The maximum absolute atomic E-state index is 12.9. The molecule has 162 valence electrons. The zero-order chi connectivity index (χ0) is 22.2. The number of rotatable bonds is 9. The summed E-state index contributed by atoms with van der Waals surface area (Å²) < 4.78 is 11.2. The smallest absolute Gasteiger partial charge is 0.343 e. The van der Waals surface area contributed by atoms with Crippen LogP contribution in [0.4, 0.5) is 0 Å². The molecule has 5 heteroatoms. The monoisotopic (exact) mass is 418 g/mol. The minimum Gasteiger partial charge on any atom is -0.496 e. The van der Waals surface area contributed by atoms with Gasteiger partial charge in [0, 0.05) is 31.3 Å². The van der Waals surface area contributed by atoms with Gasteiger partial charge < -0.3 is 19.7 Å². The van der Waals surface area contributed by atoms with Gasteiger partial charge in [0.25, 0.3) is 0 Å². The molecule has 0 aliphatic rings. The SMILES string of the molecule is COc1cc(OC(=O)c2cccc(-c3ccccc3)c2C)ccc1CNCCN(C)C. The second-order valence-electron chi connectivity index (χ2n) is 7.69. The van der Waals surface area contributed by atoms with E-state index < -0.39 is 0 Å². The Labute approximate surface area is 184 Å². The Bertz CT molecular complexity index is 1020. The van der Waals surface area contributed by atoms with E-state index >= 15 is 0 Å². The summed E-state index contributed by atoms with van der Waals surface area (Å²) in [6, 6.07) is 21.2. The molecule has 31 heavy (non-hydrogen) atoms. The average molecular weight is 419 g/mol. The van der Waals surface area contributed by atoms with E-state index in [-0.39, 0.29) is 5.97 Å². The fourth-order valence-electron chi connectivity index (χ4n) is 3.41. The van der Waals surface area contributed by atoms with Crippen molar-refractivity contribution < 1.29 is 14.3 Å². The molecule has 0 atom stereocenters. The summed E-state index contributed by atoms with van der Waals surface area (Å²) in [4.78, 5) is 15.0. The van der Waals surface area contributed by atoms with Crippen LogP contribution in [0.5, 0.6) is 11.5 Å². The Morgan fingerprint density at radius 1 is 1.00 bits per heavy atom. The van der Waals surface area contributed by atoms with Crippen LogP contribution in [0, 0.1) is 6.92 Å². The number of esters is 1. The van der Waals surface area contributed by atoms with E-state index in [1.54, 1.807) is 25.3 Å². The van der Waals surface area contributed by atoms with E-state index in [0.717, 1.165) is 35.3 Å². The summed E-state index contributed by atoms with van der Waals surface area (Å²) in [5.41, 5.74) is 4.56. The molecule has 0 saturated carbocycles. The van der Waals surface area contributed by atoms with E-state index in [9.17, 15) is 4.79 Å². The molecule has 0 amide bonds. The first kappa shape index (κ1) is 22.5. The fourth-order valence-corrected chi connectivity index (χ4v) is 3.41. The van der Waals surface area contributed by atoms with Gasteiger partial charge in [0.05, 0.1) is 12.7 Å². The number of carbonyl (C=O) groups is 1. The quantitative estimate of drug-likeness (QED) is 0.314. The summed E-state index contributed by atoms with van der Waals surface area (Å²) in [5.74, 6) is 0.773.